The van der Waals surface area contributed by atoms with E-state index in [9.17, 15) is 19.1 Å². The van der Waals surface area contributed by atoms with Gasteiger partial charge in [-0.3, -0.25) is 14.7 Å². The summed E-state index contributed by atoms with van der Waals surface area (Å²) in [6, 6.07) is 5.40. The van der Waals surface area contributed by atoms with Gasteiger partial charge >= 0.3 is 7.60 Å². The van der Waals surface area contributed by atoms with Gasteiger partial charge in [0, 0.05) is 23.1 Å². The lowest BCUT2D eigenvalue weighted by atomic mass is 10.1. The topological polar surface area (TPSA) is 114 Å². The van der Waals surface area contributed by atoms with Crippen LogP contribution in [0, 0.1) is 10.1 Å². The van der Waals surface area contributed by atoms with Crippen LogP contribution in [-0.2, 0) is 4.57 Å². The van der Waals surface area contributed by atoms with Gasteiger partial charge in [0.05, 0.1) is 10.6 Å². The van der Waals surface area contributed by atoms with Gasteiger partial charge in [-0.05, 0) is 12.1 Å². The molecule has 0 radical (unpaired) electrons. The number of aromatic nitrogens is 1. The number of nitrogens with zero attached hydrogens (tertiary/aromatic N) is 2. The predicted octanol–water partition coefficient (Wildman–Crippen LogP) is 2.86. The molecule has 0 aliphatic heterocycles. The third kappa shape index (κ3) is 3.07. The molecule has 1 aromatic heterocycles. The summed E-state index contributed by atoms with van der Waals surface area (Å²) in [5.74, 6) is -2.46. The average molecular weight is 318 g/mol. The van der Waals surface area contributed by atoms with Crippen molar-refractivity contribution in [2.24, 2.45) is 0 Å². The highest BCUT2D eigenvalue weighted by atomic mass is 32.1. The number of rotatable bonds is 4. The second-order valence-corrected chi connectivity index (χ2v) is 6.32. The Bertz CT molecular complexity index is 683. The van der Waals surface area contributed by atoms with Crippen LogP contribution in [0.15, 0.2) is 29.6 Å². The standard InChI is InChI=1S/C10H8FN2O5PS/c11-9(19(16,17)18)10-12-8(5-20-10)6-1-3-7(4-2-6)13(14)15/h1-5,9H,(H2,16,17,18). The van der Waals surface area contributed by atoms with E-state index in [2.05, 4.69) is 4.98 Å². The fraction of sp³-hybridized carbons (Fsp3) is 0.100. The van der Waals surface area contributed by atoms with Crippen LogP contribution < -0.4 is 0 Å². The van der Waals surface area contributed by atoms with E-state index in [-0.39, 0.29) is 10.7 Å². The third-order valence-electron chi connectivity index (χ3n) is 2.39. The highest BCUT2D eigenvalue weighted by Gasteiger charge is 2.33. The molecular weight excluding hydrogens is 310 g/mol. The van der Waals surface area contributed by atoms with Crippen LogP contribution in [0.4, 0.5) is 10.1 Å². The van der Waals surface area contributed by atoms with Crippen LogP contribution in [-0.4, -0.2) is 19.7 Å². The number of thiazole rings is 1. The van der Waals surface area contributed by atoms with Crippen molar-refractivity contribution in [3.63, 3.8) is 0 Å². The zero-order chi connectivity index (χ0) is 14.9. The summed E-state index contributed by atoms with van der Waals surface area (Å²) >= 11 is 0.778. The van der Waals surface area contributed by atoms with Gasteiger partial charge in [-0.15, -0.1) is 11.3 Å². The number of hydrogen-bond acceptors (Lipinski definition) is 5. The van der Waals surface area contributed by atoms with Crippen molar-refractivity contribution in [3.05, 3.63) is 44.8 Å². The van der Waals surface area contributed by atoms with E-state index in [1.807, 2.05) is 0 Å². The van der Waals surface area contributed by atoms with Crippen molar-refractivity contribution in [3.8, 4) is 11.3 Å². The van der Waals surface area contributed by atoms with E-state index in [1.165, 1.54) is 29.6 Å². The summed E-state index contributed by atoms with van der Waals surface area (Å²) in [6.45, 7) is 0. The maximum Gasteiger partial charge on any atom is 0.366 e. The van der Waals surface area contributed by atoms with E-state index < -0.39 is 18.4 Å². The number of halogens is 1. The van der Waals surface area contributed by atoms with Crippen molar-refractivity contribution in [2.45, 2.75) is 5.91 Å². The maximum absolute atomic E-state index is 13.4. The lowest BCUT2D eigenvalue weighted by molar-refractivity contribution is -0.384. The summed E-state index contributed by atoms with van der Waals surface area (Å²) in [5.41, 5.74) is 0.704. The molecule has 2 N–H and O–H groups in total. The quantitative estimate of drug-likeness (QED) is 0.509. The highest BCUT2D eigenvalue weighted by Crippen LogP contribution is 2.53. The van der Waals surface area contributed by atoms with Gasteiger partial charge in [0.1, 0.15) is 5.01 Å². The fourth-order valence-electron chi connectivity index (χ4n) is 1.43. The van der Waals surface area contributed by atoms with Crippen molar-refractivity contribution >= 4 is 24.6 Å². The minimum atomic E-state index is -4.89. The average Bonchev–Trinajstić information content (AvgIpc) is 2.86. The van der Waals surface area contributed by atoms with Crippen LogP contribution in [0.1, 0.15) is 10.9 Å². The minimum Gasteiger partial charge on any atom is -0.322 e. The van der Waals surface area contributed by atoms with Crippen LogP contribution in [0.2, 0.25) is 0 Å². The van der Waals surface area contributed by atoms with E-state index >= 15 is 0 Å². The highest BCUT2D eigenvalue weighted by molar-refractivity contribution is 7.52. The van der Waals surface area contributed by atoms with E-state index in [0.717, 1.165) is 11.3 Å². The molecule has 106 valence electrons. The molecule has 0 fully saturated rings. The first-order chi connectivity index (χ1) is 9.29. The van der Waals surface area contributed by atoms with E-state index in [1.54, 1.807) is 0 Å². The summed E-state index contributed by atoms with van der Waals surface area (Å²) in [5, 5.41) is 11.6. The minimum absolute atomic E-state index is 0.0946. The normalized spacial score (nSPS) is 13.2. The van der Waals surface area contributed by atoms with Crippen LogP contribution in [0.5, 0.6) is 0 Å². The van der Waals surface area contributed by atoms with Gasteiger partial charge in [-0.1, -0.05) is 0 Å². The molecule has 0 bridgehead atoms. The van der Waals surface area contributed by atoms with Gasteiger partial charge < -0.3 is 9.79 Å². The first kappa shape index (κ1) is 14.7. The lowest BCUT2D eigenvalue weighted by Gasteiger charge is -2.05. The predicted molar refractivity (Wildman–Crippen MR) is 70.1 cm³/mol. The Morgan fingerprint density at radius 3 is 2.45 bits per heavy atom. The summed E-state index contributed by atoms with van der Waals surface area (Å²) < 4.78 is 24.2. The van der Waals surface area contributed by atoms with Crippen LogP contribution >= 0.6 is 18.9 Å². The van der Waals surface area contributed by atoms with Gasteiger partial charge in [0.25, 0.3) is 11.6 Å². The molecule has 1 atom stereocenters. The Hall–Kier alpha value is -1.67. The van der Waals surface area contributed by atoms with Gasteiger partial charge in [-0.2, -0.15) is 0 Å². The zero-order valence-corrected chi connectivity index (χ0v) is 11.4. The molecule has 0 aliphatic rings. The van der Waals surface area contributed by atoms with E-state index in [4.69, 9.17) is 9.79 Å². The number of non-ortho nitro benzene ring substituents is 1. The van der Waals surface area contributed by atoms with Crippen LogP contribution in [0.3, 0.4) is 0 Å². The first-order valence-corrected chi connectivity index (χ1v) is 7.74. The molecule has 0 spiro atoms. The first-order valence-electron chi connectivity index (χ1n) is 5.18. The Morgan fingerprint density at radius 2 is 1.95 bits per heavy atom. The van der Waals surface area contributed by atoms with Crippen LogP contribution in [0.25, 0.3) is 11.3 Å². The molecule has 1 aromatic carbocycles. The Balaban J connectivity index is 2.29. The number of alkyl halides is 1. The zero-order valence-electron chi connectivity index (χ0n) is 9.71. The summed E-state index contributed by atoms with van der Waals surface area (Å²) in [6.07, 6.45) is 0. The molecule has 0 saturated carbocycles. The molecule has 1 heterocycles. The largest absolute Gasteiger partial charge is 0.366 e. The summed E-state index contributed by atoms with van der Waals surface area (Å²) in [4.78, 5) is 31.2. The fourth-order valence-corrected chi connectivity index (χ4v) is 3.05. The third-order valence-corrected chi connectivity index (χ3v) is 4.29. The smallest absolute Gasteiger partial charge is 0.322 e. The van der Waals surface area contributed by atoms with Gasteiger partial charge in [0.15, 0.2) is 0 Å². The molecule has 0 amide bonds. The number of hydrogen-bond donors (Lipinski definition) is 2. The van der Waals surface area contributed by atoms with Crippen molar-refractivity contribution in [2.75, 3.05) is 0 Å². The maximum atomic E-state index is 13.4. The van der Waals surface area contributed by atoms with Crippen molar-refractivity contribution in [1.82, 2.24) is 4.98 Å². The van der Waals surface area contributed by atoms with Gasteiger partial charge in [0.2, 0.25) is 0 Å². The number of nitro benzene ring substituents is 1. The Morgan fingerprint density at radius 1 is 1.35 bits per heavy atom. The molecule has 10 heteroatoms. The van der Waals surface area contributed by atoms with E-state index in [0.29, 0.717) is 11.3 Å². The molecule has 0 saturated heterocycles. The molecule has 1 unspecified atom stereocenters. The number of benzene rings is 1. The van der Waals surface area contributed by atoms with Gasteiger partial charge in [-0.25, -0.2) is 9.37 Å². The number of nitro groups is 1. The second-order valence-electron chi connectivity index (χ2n) is 3.80. The second kappa shape index (κ2) is 5.37. The summed E-state index contributed by atoms with van der Waals surface area (Å²) in [7, 11) is -4.89. The molecule has 20 heavy (non-hydrogen) atoms. The van der Waals surface area contributed by atoms with Crippen molar-refractivity contribution in [1.29, 1.82) is 0 Å². The SMILES string of the molecule is O=[N+]([O-])c1ccc(-c2csc(C(F)P(=O)(O)O)n2)cc1. The Labute approximate surface area is 116 Å². The molecule has 2 aromatic rings. The lowest BCUT2D eigenvalue weighted by Crippen LogP contribution is -1.92. The molecule has 2 rings (SSSR count). The monoisotopic (exact) mass is 318 g/mol. The molecule has 0 aliphatic carbocycles. The molecular formula is C10H8FN2O5PS. The van der Waals surface area contributed by atoms with Crippen molar-refractivity contribution < 1.29 is 23.7 Å². The molecule has 7 nitrogen and oxygen atoms in total. The Kier molecular flexibility index (Phi) is 3.96.